The second kappa shape index (κ2) is 9.63. The molecule has 2 aliphatic rings. The minimum Gasteiger partial charge on any atom is -0.339 e. The Bertz CT molecular complexity index is 749. The van der Waals surface area contributed by atoms with E-state index in [1.54, 1.807) is 4.90 Å². The third kappa shape index (κ3) is 5.41. The van der Waals surface area contributed by atoms with Crippen molar-refractivity contribution >= 4 is 17.7 Å². The smallest absolute Gasteiger partial charge is 0.245 e. The first kappa shape index (κ1) is 22.3. The number of hydrogen-bond donors (Lipinski definition) is 0. The van der Waals surface area contributed by atoms with Crippen LogP contribution in [0.15, 0.2) is 30.3 Å². The number of benzene rings is 1. The summed E-state index contributed by atoms with van der Waals surface area (Å²) in [5.74, 6) is 0.260. The number of aryl methyl sites for hydroxylation is 1. The number of likely N-dealkylation sites (tertiary alicyclic amines) is 1. The van der Waals surface area contributed by atoms with Crippen LogP contribution in [0.4, 0.5) is 0 Å². The Kier molecular flexibility index (Phi) is 7.16. The molecule has 0 bridgehead atoms. The van der Waals surface area contributed by atoms with Crippen LogP contribution in [0.25, 0.3) is 0 Å². The van der Waals surface area contributed by atoms with Crippen molar-refractivity contribution in [2.75, 3.05) is 32.7 Å². The first-order valence-electron chi connectivity index (χ1n) is 11.2. The number of carbonyl (C=O) groups excluding carboxylic acids is 3. The maximum absolute atomic E-state index is 13.1. The van der Waals surface area contributed by atoms with E-state index in [9.17, 15) is 14.4 Å². The molecule has 1 atom stereocenters. The van der Waals surface area contributed by atoms with Gasteiger partial charge in [-0.2, -0.15) is 0 Å². The maximum atomic E-state index is 13.1. The van der Waals surface area contributed by atoms with Crippen LogP contribution < -0.4 is 0 Å². The second-order valence-electron chi connectivity index (χ2n) is 9.45. The third-order valence-corrected chi connectivity index (χ3v) is 6.08. The fraction of sp³-hybridized carbons (Fsp3) is 0.625. The largest absolute Gasteiger partial charge is 0.339 e. The molecular formula is C24H35N3O3. The van der Waals surface area contributed by atoms with Crippen LogP contribution >= 0.6 is 0 Å². The van der Waals surface area contributed by atoms with Gasteiger partial charge >= 0.3 is 0 Å². The average Bonchev–Trinajstić information content (AvgIpc) is 3.22. The molecule has 2 heterocycles. The number of rotatable bonds is 5. The molecule has 0 aliphatic carbocycles. The van der Waals surface area contributed by atoms with Gasteiger partial charge in [0, 0.05) is 44.6 Å². The highest BCUT2D eigenvalue weighted by Crippen LogP contribution is 2.26. The van der Waals surface area contributed by atoms with Gasteiger partial charge in [0.15, 0.2) is 0 Å². The number of amides is 3. The Balaban J connectivity index is 1.46. The fourth-order valence-corrected chi connectivity index (χ4v) is 4.33. The van der Waals surface area contributed by atoms with Crippen LogP contribution in [0.2, 0.25) is 0 Å². The van der Waals surface area contributed by atoms with Crippen molar-refractivity contribution in [3.63, 3.8) is 0 Å². The van der Waals surface area contributed by atoms with E-state index in [-0.39, 0.29) is 23.8 Å². The quantitative estimate of drug-likeness (QED) is 0.746. The van der Waals surface area contributed by atoms with Gasteiger partial charge < -0.3 is 14.7 Å². The molecule has 30 heavy (non-hydrogen) atoms. The zero-order valence-electron chi connectivity index (χ0n) is 18.6. The molecule has 0 spiro atoms. The van der Waals surface area contributed by atoms with Crippen LogP contribution in [0, 0.1) is 5.41 Å². The summed E-state index contributed by atoms with van der Waals surface area (Å²) in [6.07, 6.45) is 3.90. The SMILES string of the molecule is CC(C)(C)C(=O)N1CCCC1C(=O)N1CCN(C(=O)CCCc2ccccc2)CC1. The van der Waals surface area contributed by atoms with Gasteiger partial charge in [-0.25, -0.2) is 0 Å². The van der Waals surface area contributed by atoms with Crippen LogP contribution in [0.3, 0.4) is 0 Å². The number of nitrogens with zero attached hydrogens (tertiary/aromatic N) is 3. The average molecular weight is 414 g/mol. The lowest BCUT2D eigenvalue weighted by Crippen LogP contribution is -2.56. The van der Waals surface area contributed by atoms with E-state index in [0.29, 0.717) is 39.1 Å². The molecule has 6 heteroatoms. The standard InChI is InChI=1S/C24H35N3O3/c1-24(2,3)23(30)27-14-8-12-20(27)22(29)26-17-15-25(16-18-26)21(28)13-7-11-19-9-5-4-6-10-19/h4-6,9-10,20H,7-8,11-18H2,1-3H3. The molecule has 1 unspecified atom stereocenters. The Morgan fingerprint density at radius 3 is 2.20 bits per heavy atom. The lowest BCUT2D eigenvalue weighted by Gasteiger charge is -2.38. The Morgan fingerprint density at radius 1 is 0.933 bits per heavy atom. The molecule has 0 aromatic heterocycles. The highest BCUT2D eigenvalue weighted by molar-refractivity contribution is 5.90. The second-order valence-corrected chi connectivity index (χ2v) is 9.45. The highest BCUT2D eigenvalue weighted by atomic mass is 16.2. The lowest BCUT2D eigenvalue weighted by molar-refractivity contribution is -0.150. The molecule has 3 rings (SSSR count). The van der Waals surface area contributed by atoms with E-state index >= 15 is 0 Å². The van der Waals surface area contributed by atoms with Crippen LogP contribution in [-0.2, 0) is 20.8 Å². The third-order valence-electron chi connectivity index (χ3n) is 6.08. The predicted octanol–water partition coefficient (Wildman–Crippen LogP) is 2.72. The van der Waals surface area contributed by atoms with E-state index in [4.69, 9.17) is 0 Å². The molecule has 6 nitrogen and oxygen atoms in total. The number of piperazine rings is 1. The lowest BCUT2D eigenvalue weighted by atomic mass is 9.94. The molecular weight excluding hydrogens is 378 g/mol. The van der Waals surface area contributed by atoms with E-state index < -0.39 is 5.41 Å². The molecule has 0 N–H and O–H groups in total. The van der Waals surface area contributed by atoms with E-state index in [1.807, 2.05) is 48.8 Å². The molecule has 2 aliphatic heterocycles. The van der Waals surface area contributed by atoms with Gasteiger partial charge in [0.05, 0.1) is 0 Å². The van der Waals surface area contributed by atoms with Gasteiger partial charge in [0.1, 0.15) is 6.04 Å². The van der Waals surface area contributed by atoms with Crippen LogP contribution in [0.1, 0.15) is 52.0 Å². The number of carbonyl (C=O) groups is 3. The molecule has 3 amide bonds. The van der Waals surface area contributed by atoms with Crippen molar-refractivity contribution in [2.24, 2.45) is 5.41 Å². The topological polar surface area (TPSA) is 60.9 Å². The molecule has 2 saturated heterocycles. The first-order valence-corrected chi connectivity index (χ1v) is 11.2. The number of hydrogen-bond acceptors (Lipinski definition) is 3. The monoisotopic (exact) mass is 413 g/mol. The zero-order chi connectivity index (χ0) is 21.7. The predicted molar refractivity (Wildman–Crippen MR) is 117 cm³/mol. The minimum absolute atomic E-state index is 0.0428. The highest BCUT2D eigenvalue weighted by Gasteiger charge is 2.40. The van der Waals surface area contributed by atoms with Crippen molar-refractivity contribution < 1.29 is 14.4 Å². The van der Waals surface area contributed by atoms with Crippen molar-refractivity contribution in [3.05, 3.63) is 35.9 Å². The van der Waals surface area contributed by atoms with Gasteiger partial charge in [-0.1, -0.05) is 51.1 Å². The summed E-state index contributed by atoms with van der Waals surface area (Å²) in [6, 6.07) is 9.88. The van der Waals surface area contributed by atoms with Crippen LogP contribution in [-0.4, -0.2) is 71.2 Å². The normalized spacial score (nSPS) is 19.8. The van der Waals surface area contributed by atoms with Crippen molar-refractivity contribution in [2.45, 2.75) is 58.9 Å². The van der Waals surface area contributed by atoms with Crippen molar-refractivity contribution in [1.82, 2.24) is 14.7 Å². The first-order chi connectivity index (χ1) is 14.3. The van der Waals surface area contributed by atoms with Gasteiger partial charge in [0.2, 0.25) is 17.7 Å². The summed E-state index contributed by atoms with van der Waals surface area (Å²) in [5.41, 5.74) is 0.778. The summed E-state index contributed by atoms with van der Waals surface area (Å²) in [7, 11) is 0. The Labute approximate surface area is 180 Å². The van der Waals surface area contributed by atoms with Crippen LogP contribution in [0.5, 0.6) is 0 Å². The van der Waals surface area contributed by atoms with Gasteiger partial charge in [-0.05, 0) is 31.2 Å². The summed E-state index contributed by atoms with van der Waals surface area (Å²) >= 11 is 0. The molecule has 2 fully saturated rings. The minimum atomic E-state index is -0.478. The summed E-state index contributed by atoms with van der Waals surface area (Å²) in [5, 5.41) is 0. The van der Waals surface area contributed by atoms with Gasteiger partial charge in [-0.3, -0.25) is 14.4 Å². The summed E-state index contributed by atoms with van der Waals surface area (Å²) < 4.78 is 0. The summed E-state index contributed by atoms with van der Waals surface area (Å²) in [4.78, 5) is 43.8. The van der Waals surface area contributed by atoms with E-state index in [2.05, 4.69) is 12.1 Å². The van der Waals surface area contributed by atoms with E-state index in [0.717, 1.165) is 25.7 Å². The molecule has 0 saturated carbocycles. The molecule has 1 aromatic rings. The van der Waals surface area contributed by atoms with Crippen molar-refractivity contribution in [3.8, 4) is 0 Å². The maximum Gasteiger partial charge on any atom is 0.245 e. The molecule has 164 valence electrons. The Hall–Kier alpha value is -2.37. The Morgan fingerprint density at radius 2 is 1.57 bits per heavy atom. The summed E-state index contributed by atoms with van der Waals surface area (Å²) in [6.45, 7) is 8.62. The molecule has 0 radical (unpaired) electrons. The van der Waals surface area contributed by atoms with Gasteiger partial charge in [-0.15, -0.1) is 0 Å². The van der Waals surface area contributed by atoms with Crippen molar-refractivity contribution in [1.29, 1.82) is 0 Å². The zero-order valence-corrected chi connectivity index (χ0v) is 18.6. The van der Waals surface area contributed by atoms with Gasteiger partial charge in [0.25, 0.3) is 0 Å². The van der Waals surface area contributed by atoms with E-state index in [1.165, 1.54) is 5.56 Å². The fourth-order valence-electron chi connectivity index (χ4n) is 4.33. The molecule has 1 aromatic carbocycles.